The van der Waals surface area contributed by atoms with E-state index in [0.717, 1.165) is 17.7 Å². The Morgan fingerprint density at radius 2 is 1.90 bits per heavy atom. The van der Waals surface area contributed by atoms with Gasteiger partial charge in [-0.15, -0.1) is 0 Å². The maximum absolute atomic E-state index is 12.9. The molecular formula is C14H20F3NO3. The van der Waals surface area contributed by atoms with Crippen LogP contribution in [0.3, 0.4) is 0 Å². The van der Waals surface area contributed by atoms with Crippen molar-refractivity contribution in [2.75, 3.05) is 13.1 Å². The highest BCUT2D eigenvalue weighted by Gasteiger charge is 2.56. The second-order valence-corrected chi connectivity index (χ2v) is 6.19. The number of hydrogen-bond donors (Lipinski definition) is 1. The first-order valence-corrected chi connectivity index (χ1v) is 7.30. The van der Waals surface area contributed by atoms with Crippen LogP contribution in [-0.2, 0) is 9.59 Å². The Hall–Kier alpha value is -1.27. The molecule has 0 unspecified atom stereocenters. The van der Waals surface area contributed by atoms with Gasteiger partial charge in [-0.2, -0.15) is 13.2 Å². The summed E-state index contributed by atoms with van der Waals surface area (Å²) < 4.78 is 38.8. The van der Waals surface area contributed by atoms with E-state index < -0.39 is 35.9 Å². The SMILES string of the molecule is CCCC1(C(=O)N2C[C@@H](C(F)(F)F)[C@H](C(=O)O)C2)CCC1. The van der Waals surface area contributed by atoms with Crippen molar-refractivity contribution in [3.63, 3.8) is 0 Å². The first-order chi connectivity index (χ1) is 9.71. The molecule has 7 heteroatoms. The number of carbonyl (C=O) groups is 2. The lowest BCUT2D eigenvalue weighted by molar-refractivity contribution is -0.188. The summed E-state index contributed by atoms with van der Waals surface area (Å²) in [5.74, 6) is -5.27. The maximum atomic E-state index is 12.9. The number of nitrogens with zero attached hydrogens (tertiary/aromatic N) is 1. The van der Waals surface area contributed by atoms with Crippen molar-refractivity contribution in [2.24, 2.45) is 17.3 Å². The third-order valence-electron chi connectivity index (χ3n) is 4.84. The van der Waals surface area contributed by atoms with Gasteiger partial charge in [0, 0.05) is 18.5 Å². The van der Waals surface area contributed by atoms with Gasteiger partial charge in [0.05, 0.1) is 11.8 Å². The molecular weight excluding hydrogens is 287 g/mol. The Bertz CT molecular complexity index is 432. The molecule has 2 rings (SSSR count). The van der Waals surface area contributed by atoms with Crippen molar-refractivity contribution in [1.82, 2.24) is 4.90 Å². The van der Waals surface area contributed by atoms with Crippen molar-refractivity contribution < 1.29 is 27.9 Å². The molecule has 2 aliphatic rings. The number of halogens is 3. The van der Waals surface area contributed by atoms with Crippen LogP contribution in [0.15, 0.2) is 0 Å². The molecule has 2 fully saturated rings. The van der Waals surface area contributed by atoms with Gasteiger partial charge in [0.2, 0.25) is 5.91 Å². The van der Waals surface area contributed by atoms with E-state index in [-0.39, 0.29) is 12.5 Å². The third kappa shape index (κ3) is 2.87. The minimum atomic E-state index is -4.59. The number of likely N-dealkylation sites (tertiary alicyclic amines) is 1. The molecule has 1 aliphatic carbocycles. The zero-order valence-corrected chi connectivity index (χ0v) is 11.9. The molecule has 120 valence electrons. The zero-order valence-electron chi connectivity index (χ0n) is 11.9. The average molecular weight is 307 g/mol. The van der Waals surface area contributed by atoms with Gasteiger partial charge < -0.3 is 10.0 Å². The molecule has 2 atom stereocenters. The van der Waals surface area contributed by atoms with E-state index in [9.17, 15) is 22.8 Å². The van der Waals surface area contributed by atoms with Crippen molar-refractivity contribution in [2.45, 2.75) is 45.2 Å². The Labute approximate surface area is 121 Å². The summed E-state index contributed by atoms with van der Waals surface area (Å²) in [7, 11) is 0. The summed E-state index contributed by atoms with van der Waals surface area (Å²) in [6.07, 6.45) is -0.823. The van der Waals surface area contributed by atoms with Crippen LogP contribution in [-0.4, -0.2) is 41.1 Å². The summed E-state index contributed by atoms with van der Waals surface area (Å²) in [4.78, 5) is 24.7. The van der Waals surface area contributed by atoms with Crippen LogP contribution in [0.25, 0.3) is 0 Å². The van der Waals surface area contributed by atoms with Gasteiger partial charge in [-0.3, -0.25) is 9.59 Å². The molecule has 1 saturated heterocycles. The van der Waals surface area contributed by atoms with Gasteiger partial charge in [-0.05, 0) is 19.3 Å². The Balaban J connectivity index is 2.15. The number of amides is 1. The van der Waals surface area contributed by atoms with Crippen molar-refractivity contribution in [3.05, 3.63) is 0 Å². The quantitative estimate of drug-likeness (QED) is 0.868. The number of alkyl halides is 3. The number of rotatable bonds is 4. The first kappa shape index (κ1) is 16.1. The molecule has 21 heavy (non-hydrogen) atoms. The number of hydrogen-bond acceptors (Lipinski definition) is 2. The highest BCUT2D eigenvalue weighted by Crippen LogP contribution is 2.48. The van der Waals surface area contributed by atoms with Crippen LogP contribution in [0, 0.1) is 17.3 Å². The van der Waals surface area contributed by atoms with Gasteiger partial charge >= 0.3 is 12.1 Å². The molecule has 0 radical (unpaired) electrons. The second-order valence-electron chi connectivity index (χ2n) is 6.19. The van der Waals surface area contributed by atoms with Gasteiger partial charge in [-0.1, -0.05) is 19.8 Å². The number of carboxylic acids is 1. The molecule has 1 amide bonds. The monoisotopic (exact) mass is 307 g/mol. The second kappa shape index (κ2) is 5.50. The van der Waals surface area contributed by atoms with E-state index in [1.165, 1.54) is 0 Å². The Morgan fingerprint density at radius 3 is 2.24 bits per heavy atom. The number of aliphatic carboxylic acids is 1. The zero-order chi connectivity index (χ0) is 15.8. The molecule has 0 spiro atoms. The van der Waals surface area contributed by atoms with Crippen LogP contribution in [0.2, 0.25) is 0 Å². The van der Waals surface area contributed by atoms with E-state index >= 15 is 0 Å². The van der Waals surface area contributed by atoms with Crippen molar-refractivity contribution in [1.29, 1.82) is 0 Å². The standard InChI is InChI=1S/C14H20F3NO3/c1-2-4-13(5-3-6-13)12(21)18-7-9(11(19)20)10(8-18)14(15,16)17/h9-10H,2-8H2,1H3,(H,19,20)/t9-,10-/m1/s1. The van der Waals surface area contributed by atoms with E-state index in [1.807, 2.05) is 6.92 Å². The van der Waals surface area contributed by atoms with Crippen molar-refractivity contribution in [3.8, 4) is 0 Å². The van der Waals surface area contributed by atoms with Gasteiger partial charge in [-0.25, -0.2) is 0 Å². The molecule has 1 N–H and O–H groups in total. The highest BCUT2D eigenvalue weighted by molar-refractivity contribution is 5.85. The van der Waals surface area contributed by atoms with Crippen molar-refractivity contribution >= 4 is 11.9 Å². The van der Waals surface area contributed by atoms with Gasteiger partial charge in [0.15, 0.2) is 0 Å². The number of carbonyl (C=O) groups excluding carboxylic acids is 1. The Kier molecular flexibility index (Phi) is 4.22. The van der Waals surface area contributed by atoms with E-state index in [0.29, 0.717) is 19.3 Å². The lowest BCUT2D eigenvalue weighted by Crippen LogP contribution is -2.47. The van der Waals surface area contributed by atoms with Gasteiger partial charge in [0.1, 0.15) is 0 Å². The third-order valence-corrected chi connectivity index (χ3v) is 4.84. The number of carboxylic acid groups (broad SMARTS) is 1. The molecule has 0 bridgehead atoms. The predicted octanol–water partition coefficient (Wildman–Crippen LogP) is 2.68. The molecule has 0 aromatic rings. The van der Waals surface area contributed by atoms with Crippen LogP contribution >= 0.6 is 0 Å². The minimum Gasteiger partial charge on any atom is -0.481 e. The van der Waals surface area contributed by atoms with E-state index in [1.54, 1.807) is 0 Å². The normalized spacial score (nSPS) is 28.3. The average Bonchev–Trinajstić information content (AvgIpc) is 2.77. The summed E-state index contributed by atoms with van der Waals surface area (Å²) >= 11 is 0. The molecule has 1 saturated carbocycles. The van der Waals surface area contributed by atoms with E-state index in [2.05, 4.69) is 0 Å². The predicted molar refractivity (Wildman–Crippen MR) is 68.4 cm³/mol. The fourth-order valence-electron chi connectivity index (χ4n) is 3.54. The summed E-state index contributed by atoms with van der Waals surface area (Å²) in [6, 6.07) is 0. The fourth-order valence-corrected chi connectivity index (χ4v) is 3.54. The molecule has 0 aromatic carbocycles. The topological polar surface area (TPSA) is 57.6 Å². The van der Waals surface area contributed by atoms with Crippen LogP contribution in [0.5, 0.6) is 0 Å². The first-order valence-electron chi connectivity index (χ1n) is 7.30. The van der Waals surface area contributed by atoms with Crippen LogP contribution < -0.4 is 0 Å². The molecule has 1 heterocycles. The molecule has 1 aliphatic heterocycles. The van der Waals surface area contributed by atoms with E-state index in [4.69, 9.17) is 5.11 Å². The van der Waals surface area contributed by atoms with Gasteiger partial charge in [0.25, 0.3) is 0 Å². The lowest BCUT2D eigenvalue weighted by atomic mass is 9.65. The smallest absolute Gasteiger partial charge is 0.394 e. The van der Waals surface area contributed by atoms with Crippen LogP contribution in [0.1, 0.15) is 39.0 Å². The fraction of sp³-hybridized carbons (Fsp3) is 0.857. The maximum Gasteiger partial charge on any atom is 0.394 e. The largest absolute Gasteiger partial charge is 0.481 e. The molecule has 0 aromatic heterocycles. The van der Waals surface area contributed by atoms with Crippen LogP contribution in [0.4, 0.5) is 13.2 Å². The summed E-state index contributed by atoms with van der Waals surface area (Å²) in [5, 5.41) is 8.99. The summed E-state index contributed by atoms with van der Waals surface area (Å²) in [6.45, 7) is 1.09. The lowest BCUT2D eigenvalue weighted by Gasteiger charge is -2.42. The minimum absolute atomic E-state index is 0.284. The highest BCUT2D eigenvalue weighted by atomic mass is 19.4. The molecule has 4 nitrogen and oxygen atoms in total. The Morgan fingerprint density at radius 1 is 1.29 bits per heavy atom. The summed E-state index contributed by atoms with van der Waals surface area (Å²) in [5.41, 5.74) is -0.543.